The number of benzene rings is 2. The van der Waals surface area contributed by atoms with Crippen LogP contribution in [0.1, 0.15) is 27.6 Å². The van der Waals surface area contributed by atoms with Gasteiger partial charge in [-0.15, -0.1) is 0 Å². The van der Waals surface area contributed by atoms with Crippen LogP contribution in [0.3, 0.4) is 0 Å². The second-order valence-electron chi connectivity index (χ2n) is 9.87. The molecule has 3 aliphatic heterocycles. The van der Waals surface area contributed by atoms with Crippen molar-refractivity contribution in [2.24, 2.45) is 17.8 Å². The van der Waals surface area contributed by atoms with Crippen molar-refractivity contribution in [3.63, 3.8) is 0 Å². The monoisotopic (exact) mass is 465 g/mol. The Kier molecular flexibility index (Phi) is 5.11. The lowest BCUT2D eigenvalue weighted by Crippen LogP contribution is -2.61. The van der Waals surface area contributed by atoms with E-state index in [0.29, 0.717) is 55.1 Å². The molecule has 4 aliphatic rings. The zero-order valence-corrected chi connectivity index (χ0v) is 19.1. The highest BCUT2D eigenvalue weighted by atomic mass is 19.1. The Bertz CT molecular complexity index is 1140. The average Bonchev–Trinajstić information content (AvgIpc) is 3.17. The Morgan fingerprint density at radius 2 is 1.88 bits per heavy atom. The number of ketones is 1. The number of nitrogens with one attached hydrogen (secondary N) is 2. The van der Waals surface area contributed by atoms with Crippen molar-refractivity contribution in [2.45, 2.75) is 18.6 Å². The number of nitrogens with zero attached hydrogens (tertiary/aromatic N) is 1. The minimum atomic E-state index is -0.913. The number of anilines is 1. The fraction of sp³-hybridized carbons (Fsp3) is 0.462. The number of piperidine rings is 1. The van der Waals surface area contributed by atoms with Crippen molar-refractivity contribution in [2.75, 3.05) is 44.3 Å². The lowest BCUT2D eigenvalue weighted by molar-refractivity contribution is 0.0531. The molecule has 2 aromatic carbocycles. The number of hydrogen-bond donors (Lipinski definition) is 2. The molecule has 8 heteroatoms. The van der Waals surface area contributed by atoms with E-state index >= 15 is 0 Å². The summed E-state index contributed by atoms with van der Waals surface area (Å²) < 4.78 is 26.5. The van der Waals surface area contributed by atoms with E-state index in [-0.39, 0.29) is 17.3 Å². The molecule has 0 radical (unpaired) electrons. The number of amides is 1. The summed E-state index contributed by atoms with van der Waals surface area (Å²) in [6, 6.07) is 11.8. The van der Waals surface area contributed by atoms with Crippen molar-refractivity contribution in [1.29, 1.82) is 0 Å². The number of para-hydroxylation sites is 1. The van der Waals surface area contributed by atoms with Gasteiger partial charge in [-0.25, -0.2) is 4.39 Å². The van der Waals surface area contributed by atoms with Crippen molar-refractivity contribution >= 4 is 17.4 Å². The molecule has 1 aliphatic carbocycles. The van der Waals surface area contributed by atoms with E-state index in [2.05, 4.69) is 10.6 Å². The minimum absolute atomic E-state index is 0.110. The lowest BCUT2D eigenvalue weighted by Gasteiger charge is -2.37. The maximum atomic E-state index is 15.0. The van der Waals surface area contributed by atoms with E-state index in [1.165, 1.54) is 6.07 Å². The van der Waals surface area contributed by atoms with E-state index in [1.807, 2.05) is 24.0 Å². The first-order valence-electron chi connectivity index (χ1n) is 11.9. The number of morpholine rings is 1. The second kappa shape index (κ2) is 8.06. The van der Waals surface area contributed by atoms with Crippen LogP contribution >= 0.6 is 0 Å². The predicted molar refractivity (Wildman–Crippen MR) is 124 cm³/mol. The number of carbonyl (C=O) groups excluding carboxylic acids is 2. The van der Waals surface area contributed by atoms with Gasteiger partial charge in [0.25, 0.3) is 5.91 Å². The van der Waals surface area contributed by atoms with Gasteiger partial charge in [-0.05, 0) is 68.1 Å². The van der Waals surface area contributed by atoms with E-state index in [1.54, 1.807) is 24.3 Å². The number of rotatable bonds is 5. The first kappa shape index (κ1) is 21.6. The molecule has 2 aromatic rings. The molecule has 34 heavy (non-hydrogen) atoms. The van der Waals surface area contributed by atoms with Crippen LogP contribution in [0.2, 0.25) is 0 Å². The second-order valence-corrected chi connectivity index (χ2v) is 9.87. The Balaban J connectivity index is 1.27. The van der Waals surface area contributed by atoms with Gasteiger partial charge in [0.1, 0.15) is 11.6 Å². The maximum absolute atomic E-state index is 15.0. The molecule has 3 fully saturated rings. The third kappa shape index (κ3) is 3.39. The van der Waals surface area contributed by atoms with Gasteiger partial charge in [0.05, 0.1) is 30.0 Å². The average molecular weight is 466 g/mol. The van der Waals surface area contributed by atoms with Gasteiger partial charge in [-0.1, -0.05) is 12.1 Å². The molecule has 1 amide bonds. The Hall–Kier alpha value is -2.97. The van der Waals surface area contributed by atoms with Crippen LogP contribution in [-0.2, 0) is 4.74 Å². The Morgan fingerprint density at radius 3 is 2.59 bits per heavy atom. The molecule has 4 atom stereocenters. The third-order valence-corrected chi connectivity index (χ3v) is 7.91. The summed E-state index contributed by atoms with van der Waals surface area (Å²) in [5.41, 5.74) is 0.324. The molecule has 0 aromatic heterocycles. The first-order chi connectivity index (χ1) is 16.5. The van der Waals surface area contributed by atoms with Crippen LogP contribution in [0.5, 0.6) is 5.75 Å². The van der Waals surface area contributed by atoms with Gasteiger partial charge in [0.2, 0.25) is 5.78 Å². The van der Waals surface area contributed by atoms with E-state index in [9.17, 15) is 14.0 Å². The fourth-order valence-corrected chi connectivity index (χ4v) is 6.15. The van der Waals surface area contributed by atoms with Crippen LogP contribution in [0, 0.1) is 23.6 Å². The van der Waals surface area contributed by atoms with Gasteiger partial charge < -0.3 is 25.0 Å². The van der Waals surface area contributed by atoms with E-state index in [4.69, 9.17) is 9.47 Å². The highest BCUT2D eigenvalue weighted by Crippen LogP contribution is 2.57. The van der Waals surface area contributed by atoms with Gasteiger partial charge in [0.15, 0.2) is 6.10 Å². The summed E-state index contributed by atoms with van der Waals surface area (Å²) in [5, 5.41) is 6.49. The predicted octanol–water partition coefficient (Wildman–Crippen LogP) is 2.26. The van der Waals surface area contributed by atoms with Gasteiger partial charge in [-0.2, -0.15) is 0 Å². The molecule has 4 unspecified atom stereocenters. The summed E-state index contributed by atoms with van der Waals surface area (Å²) in [5.74, 6) is 0.452. The van der Waals surface area contributed by atoms with Crippen LogP contribution in [0.4, 0.5) is 10.1 Å². The number of carbonyl (C=O) groups is 2. The zero-order chi connectivity index (χ0) is 23.4. The lowest BCUT2D eigenvalue weighted by atomic mass is 9.83. The SMILES string of the molecule is CC(NC(=O)c1ccc(N2CCOCC2)c(F)c1)(C1Oc2ccccc2C1=O)C1C2CNCC21. The van der Waals surface area contributed by atoms with Crippen LogP contribution < -0.4 is 20.3 Å². The number of Topliss-reactive ketones (excluding diaryl/α,β-unsaturated/α-hetero) is 1. The number of fused-ring (bicyclic) bond motifs is 2. The van der Waals surface area contributed by atoms with Gasteiger partial charge >= 0.3 is 0 Å². The summed E-state index contributed by atoms with van der Waals surface area (Å²) in [7, 11) is 0. The number of halogens is 1. The topological polar surface area (TPSA) is 79.9 Å². The normalized spacial score (nSPS) is 29.1. The molecular formula is C26H28FN3O4. The molecule has 3 heterocycles. The number of ether oxygens (including phenoxy) is 2. The molecule has 0 spiro atoms. The summed E-state index contributed by atoms with van der Waals surface area (Å²) in [6.07, 6.45) is -0.818. The van der Waals surface area contributed by atoms with Crippen molar-refractivity contribution < 1.29 is 23.5 Å². The molecular weight excluding hydrogens is 437 g/mol. The van der Waals surface area contributed by atoms with Gasteiger partial charge in [0, 0.05) is 18.7 Å². The maximum Gasteiger partial charge on any atom is 0.251 e. The largest absolute Gasteiger partial charge is 0.479 e. The smallest absolute Gasteiger partial charge is 0.251 e. The first-order valence-corrected chi connectivity index (χ1v) is 11.9. The van der Waals surface area contributed by atoms with Crippen LogP contribution in [-0.4, -0.2) is 62.7 Å². The third-order valence-electron chi connectivity index (χ3n) is 7.91. The summed E-state index contributed by atoms with van der Waals surface area (Å²) >= 11 is 0. The van der Waals surface area contributed by atoms with Gasteiger partial charge in [-0.3, -0.25) is 9.59 Å². The van der Waals surface area contributed by atoms with Crippen molar-refractivity contribution in [3.8, 4) is 5.75 Å². The molecule has 0 bridgehead atoms. The molecule has 178 valence electrons. The standard InChI is InChI=1S/C26H28FN3O4/c1-26(22-17-13-28-14-18(17)22,24-23(31)16-4-2-3-5-21(16)34-24)29-25(32)15-6-7-20(19(27)12-15)30-8-10-33-11-9-30/h2-7,12,17-18,22,24,28H,8-11,13-14H2,1H3,(H,29,32). The molecule has 7 nitrogen and oxygen atoms in total. The highest BCUT2D eigenvalue weighted by molar-refractivity contribution is 6.06. The fourth-order valence-electron chi connectivity index (χ4n) is 6.15. The van der Waals surface area contributed by atoms with E-state index in [0.717, 1.165) is 13.1 Å². The number of hydrogen-bond acceptors (Lipinski definition) is 6. The summed E-state index contributed by atoms with van der Waals surface area (Å²) in [4.78, 5) is 28.6. The van der Waals surface area contributed by atoms with Crippen molar-refractivity contribution in [1.82, 2.24) is 10.6 Å². The highest BCUT2D eigenvalue weighted by Gasteiger charge is 2.66. The molecule has 2 saturated heterocycles. The minimum Gasteiger partial charge on any atom is -0.479 e. The quantitative estimate of drug-likeness (QED) is 0.705. The molecule has 2 N–H and O–H groups in total. The molecule has 6 rings (SSSR count). The Morgan fingerprint density at radius 1 is 1.15 bits per heavy atom. The molecule has 1 saturated carbocycles. The van der Waals surface area contributed by atoms with E-state index < -0.39 is 23.4 Å². The van der Waals surface area contributed by atoms with Crippen molar-refractivity contribution in [3.05, 3.63) is 59.4 Å². The zero-order valence-electron chi connectivity index (χ0n) is 19.1. The summed E-state index contributed by atoms with van der Waals surface area (Å²) in [6.45, 7) is 5.95. The van der Waals surface area contributed by atoms with Crippen LogP contribution in [0.15, 0.2) is 42.5 Å². The van der Waals surface area contributed by atoms with Crippen LogP contribution in [0.25, 0.3) is 0 Å². The Labute approximate surface area is 197 Å².